The van der Waals surface area contributed by atoms with Gasteiger partial charge in [0.05, 0.1) is 13.0 Å². The van der Waals surface area contributed by atoms with Gasteiger partial charge < -0.3 is 4.74 Å². The number of esters is 1. The summed E-state index contributed by atoms with van der Waals surface area (Å²) in [4.78, 5) is 15.0. The van der Waals surface area contributed by atoms with Crippen LogP contribution < -0.4 is 0 Å². The summed E-state index contributed by atoms with van der Waals surface area (Å²) in [6.45, 7) is 7.57. The molecule has 0 aromatic heterocycles. The first-order valence-corrected chi connectivity index (χ1v) is 8.94. The normalized spacial score (nSPS) is 30.4. The van der Waals surface area contributed by atoms with Crippen molar-refractivity contribution in [1.29, 1.82) is 0 Å². The second kappa shape index (κ2) is 6.64. The third kappa shape index (κ3) is 3.03. The fraction of sp³-hybridized carbons (Fsp3) is 0.650. The van der Waals surface area contributed by atoms with E-state index in [9.17, 15) is 4.79 Å². The Hall–Kier alpha value is -1.35. The summed E-state index contributed by atoms with van der Waals surface area (Å²) in [5.41, 5.74) is 4.03. The largest absolute Gasteiger partial charge is 0.469 e. The van der Waals surface area contributed by atoms with Gasteiger partial charge in [-0.05, 0) is 68.7 Å². The summed E-state index contributed by atoms with van der Waals surface area (Å²) in [6.07, 6.45) is 4.49. The molecular formula is C20H29NO2. The summed E-state index contributed by atoms with van der Waals surface area (Å²) >= 11 is 0. The molecule has 0 N–H and O–H groups in total. The van der Waals surface area contributed by atoms with Crippen LogP contribution in [0.4, 0.5) is 0 Å². The van der Waals surface area contributed by atoms with E-state index in [1.807, 2.05) is 0 Å². The fourth-order valence-corrected chi connectivity index (χ4v) is 4.84. The number of methoxy groups -OCH3 is 1. The molecule has 1 aromatic rings. The van der Waals surface area contributed by atoms with Gasteiger partial charge in [0.2, 0.25) is 0 Å². The van der Waals surface area contributed by atoms with E-state index in [1.165, 1.54) is 30.2 Å². The van der Waals surface area contributed by atoms with Crippen LogP contribution in [0.15, 0.2) is 18.2 Å². The van der Waals surface area contributed by atoms with Gasteiger partial charge in [-0.1, -0.05) is 25.1 Å². The standard InChI is InChI=1S/C20H29NO2/c1-5-21-17-8-9-18(21)19(20(22)23-4)16(12-17)11-15-7-6-13(2)14(3)10-15/h6-7,10,16-19H,5,8-9,11-12H2,1-4H3/t16-,17-,18+,19-/m0/s1. The summed E-state index contributed by atoms with van der Waals surface area (Å²) in [5.74, 6) is 0.424. The maximum atomic E-state index is 12.5. The van der Waals surface area contributed by atoms with Gasteiger partial charge in [0, 0.05) is 12.1 Å². The zero-order valence-corrected chi connectivity index (χ0v) is 14.8. The molecule has 0 unspecified atom stereocenters. The smallest absolute Gasteiger partial charge is 0.310 e. The van der Waals surface area contributed by atoms with Crippen LogP contribution in [0.2, 0.25) is 0 Å². The Balaban J connectivity index is 1.84. The number of hydrogen-bond donors (Lipinski definition) is 0. The van der Waals surface area contributed by atoms with Crippen LogP contribution in [0.1, 0.15) is 42.9 Å². The van der Waals surface area contributed by atoms with Crippen molar-refractivity contribution in [3.05, 3.63) is 34.9 Å². The van der Waals surface area contributed by atoms with E-state index in [2.05, 4.69) is 43.9 Å². The monoisotopic (exact) mass is 315 g/mol. The van der Waals surface area contributed by atoms with Crippen LogP contribution in [0, 0.1) is 25.7 Å². The molecule has 2 fully saturated rings. The molecule has 0 radical (unpaired) electrons. The lowest BCUT2D eigenvalue weighted by molar-refractivity contribution is -0.152. The molecule has 2 aliphatic heterocycles. The lowest BCUT2D eigenvalue weighted by Gasteiger charge is -2.43. The molecule has 2 aliphatic rings. The second-order valence-corrected chi connectivity index (χ2v) is 7.30. The van der Waals surface area contributed by atoms with E-state index < -0.39 is 0 Å². The van der Waals surface area contributed by atoms with E-state index in [0.717, 1.165) is 25.8 Å². The third-order valence-electron chi connectivity index (χ3n) is 6.10. The average molecular weight is 315 g/mol. The first kappa shape index (κ1) is 16.5. The molecule has 2 heterocycles. The van der Waals surface area contributed by atoms with E-state index in [0.29, 0.717) is 18.0 Å². The molecule has 3 nitrogen and oxygen atoms in total. The fourth-order valence-electron chi connectivity index (χ4n) is 4.84. The topological polar surface area (TPSA) is 29.5 Å². The molecule has 3 rings (SSSR count). The van der Waals surface area contributed by atoms with Crippen molar-refractivity contribution in [2.75, 3.05) is 13.7 Å². The Bertz CT molecular complexity index is 583. The first-order chi connectivity index (χ1) is 11.0. The van der Waals surface area contributed by atoms with Gasteiger partial charge in [-0.25, -0.2) is 0 Å². The van der Waals surface area contributed by atoms with Crippen molar-refractivity contribution >= 4 is 5.97 Å². The number of hydrogen-bond acceptors (Lipinski definition) is 3. The highest BCUT2D eigenvalue weighted by Gasteiger charge is 2.49. The van der Waals surface area contributed by atoms with Crippen molar-refractivity contribution in [2.24, 2.45) is 11.8 Å². The Morgan fingerprint density at radius 1 is 1.26 bits per heavy atom. The van der Waals surface area contributed by atoms with Gasteiger partial charge in [-0.15, -0.1) is 0 Å². The molecule has 3 heteroatoms. The Morgan fingerprint density at radius 3 is 2.70 bits per heavy atom. The van der Waals surface area contributed by atoms with Crippen LogP contribution in [-0.4, -0.2) is 36.6 Å². The molecule has 0 saturated carbocycles. The Morgan fingerprint density at radius 2 is 2.04 bits per heavy atom. The van der Waals surface area contributed by atoms with Gasteiger partial charge >= 0.3 is 5.97 Å². The van der Waals surface area contributed by atoms with Gasteiger partial charge in [-0.2, -0.15) is 0 Å². The molecule has 2 saturated heterocycles. The lowest BCUT2D eigenvalue weighted by atomic mass is 9.76. The quantitative estimate of drug-likeness (QED) is 0.796. The number of carbonyl (C=O) groups is 1. The molecule has 126 valence electrons. The summed E-state index contributed by atoms with van der Waals surface area (Å²) in [5, 5.41) is 0. The number of ether oxygens (including phenoxy) is 1. The van der Waals surface area contributed by atoms with Crippen molar-refractivity contribution in [1.82, 2.24) is 4.90 Å². The highest BCUT2D eigenvalue weighted by atomic mass is 16.5. The van der Waals surface area contributed by atoms with E-state index in [4.69, 9.17) is 4.74 Å². The summed E-state index contributed by atoms with van der Waals surface area (Å²) in [7, 11) is 1.53. The Kier molecular flexibility index (Phi) is 4.77. The van der Waals surface area contributed by atoms with Crippen LogP contribution in [0.3, 0.4) is 0 Å². The minimum absolute atomic E-state index is 0.0115. The number of fused-ring (bicyclic) bond motifs is 2. The highest BCUT2D eigenvalue weighted by Crippen LogP contribution is 2.44. The molecule has 4 atom stereocenters. The Labute approximate surface area is 140 Å². The lowest BCUT2D eigenvalue weighted by Crippen LogP contribution is -2.52. The molecule has 1 aromatic carbocycles. The maximum absolute atomic E-state index is 12.5. The first-order valence-electron chi connectivity index (χ1n) is 8.94. The summed E-state index contributed by atoms with van der Waals surface area (Å²) < 4.78 is 5.18. The number of nitrogens with zero attached hydrogens (tertiary/aromatic N) is 1. The SMILES string of the molecule is CCN1[C@H]2CC[C@@H]1[C@@H](C(=O)OC)[C@@H](Cc1ccc(C)c(C)c1)C2. The summed E-state index contributed by atoms with van der Waals surface area (Å²) in [6, 6.07) is 7.75. The van der Waals surface area contributed by atoms with E-state index >= 15 is 0 Å². The molecule has 23 heavy (non-hydrogen) atoms. The predicted molar refractivity (Wildman–Crippen MR) is 92.4 cm³/mol. The van der Waals surface area contributed by atoms with Crippen molar-refractivity contribution in [3.63, 3.8) is 0 Å². The third-order valence-corrected chi connectivity index (χ3v) is 6.10. The average Bonchev–Trinajstić information content (AvgIpc) is 2.84. The van der Waals surface area contributed by atoms with Crippen molar-refractivity contribution in [2.45, 2.75) is 58.5 Å². The molecule has 0 aliphatic carbocycles. The van der Waals surface area contributed by atoms with Crippen LogP contribution in [-0.2, 0) is 16.0 Å². The van der Waals surface area contributed by atoms with Gasteiger partial charge in [0.1, 0.15) is 0 Å². The number of benzene rings is 1. The molecule has 0 spiro atoms. The van der Waals surface area contributed by atoms with Crippen LogP contribution in [0.5, 0.6) is 0 Å². The molecule has 2 bridgehead atoms. The van der Waals surface area contributed by atoms with Crippen molar-refractivity contribution in [3.8, 4) is 0 Å². The van der Waals surface area contributed by atoms with Crippen LogP contribution >= 0.6 is 0 Å². The van der Waals surface area contributed by atoms with Crippen molar-refractivity contribution < 1.29 is 9.53 Å². The number of aryl methyl sites for hydroxylation is 2. The zero-order valence-electron chi connectivity index (χ0n) is 14.8. The maximum Gasteiger partial charge on any atom is 0.310 e. The number of rotatable bonds is 4. The molecule has 0 amide bonds. The minimum Gasteiger partial charge on any atom is -0.469 e. The highest BCUT2D eigenvalue weighted by molar-refractivity contribution is 5.74. The predicted octanol–water partition coefficient (Wildman–Crippen LogP) is 3.51. The second-order valence-electron chi connectivity index (χ2n) is 7.30. The molecular weight excluding hydrogens is 286 g/mol. The number of piperidine rings is 1. The van der Waals surface area contributed by atoms with Crippen LogP contribution in [0.25, 0.3) is 0 Å². The van der Waals surface area contributed by atoms with Gasteiger partial charge in [-0.3, -0.25) is 9.69 Å². The minimum atomic E-state index is -0.0115. The van der Waals surface area contributed by atoms with E-state index in [-0.39, 0.29) is 11.9 Å². The van der Waals surface area contributed by atoms with E-state index in [1.54, 1.807) is 0 Å². The van der Waals surface area contributed by atoms with Gasteiger partial charge in [0.25, 0.3) is 0 Å². The van der Waals surface area contributed by atoms with Gasteiger partial charge in [0.15, 0.2) is 0 Å². The number of carbonyl (C=O) groups excluding carboxylic acids is 1. The zero-order chi connectivity index (χ0) is 16.6.